The van der Waals surface area contributed by atoms with E-state index in [1.54, 1.807) is 6.20 Å². The van der Waals surface area contributed by atoms with Gasteiger partial charge in [0, 0.05) is 12.7 Å². The first-order valence-corrected chi connectivity index (χ1v) is 5.29. The van der Waals surface area contributed by atoms with E-state index >= 15 is 0 Å². The molecule has 3 rings (SSSR count). The third-order valence-corrected chi connectivity index (χ3v) is 3.17. The number of fused-ring (bicyclic) bond motifs is 3. The van der Waals surface area contributed by atoms with Gasteiger partial charge in [-0.15, -0.1) is 0 Å². The monoisotopic (exact) mass is 206 g/mol. The molecule has 1 aromatic heterocycles. The van der Waals surface area contributed by atoms with E-state index in [4.69, 9.17) is 4.74 Å². The Balaban J connectivity index is 2.05. The average Bonchev–Trinajstić information content (AvgIpc) is 2.59. The number of hydrogen-bond acceptors (Lipinski definition) is 4. The van der Waals surface area contributed by atoms with Gasteiger partial charge in [0.05, 0.1) is 12.1 Å². The first-order chi connectivity index (χ1) is 7.25. The summed E-state index contributed by atoms with van der Waals surface area (Å²) in [6, 6.07) is 2.24. The number of ether oxygens (including phenoxy) is 1. The van der Waals surface area contributed by atoms with Crippen molar-refractivity contribution in [3.63, 3.8) is 0 Å². The molecular formula is C11H14N2O2. The van der Waals surface area contributed by atoms with Crippen LogP contribution < -0.4 is 9.64 Å². The molecule has 1 aromatic rings. The molecule has 0 bridgehead atoms. The highest BCUT2D eigenvalue weighted by atomic mass is 16.5. The summed E-state index contributed by atoms with van der Waals surface area (Å²) in [4.78, 5) is 6.51. The van der Waals surface area contributed by atoms with Crippen LogP contribution in [0.1, 0.15) is 12.0 Å². The summed E-state index contributed by atoms with van der Waals surface area (Å²) in [5.41, 5.74) is 1.11. The minimum atomic E-state index is -0.244. The minimum absolute atomic E-state index is 0.244. The summed E-state index contributed by atoms with van der Waals surface area (Å²) in [7, 11) is 0. The van der Waals surface area contributed by atoms with Crippen molar-refractivity contribution in [2.75, 3.05) is 18.1 Å². The van der Waals surface area contributed by atoms with Gasteiger partial charge in [-0.3, -0.25) is 0 Å². The Hall–Kier alpha value is -1.29. The highest BCUT2D eigenvalue weighted by molar-refractivity contribution is 5.59. The van der Waals surface area contributed by atoms with Crippen molar-refractivity contribution in [1.82, 2.24) is 4.98 Å². The van der Waals surface area contributed by atoms with Crippen molar-refractivity contribution >= 4 is 5.82 Å². The minimum Gasteiger partial charge on any atom is -0.487 e. The zero-order chi connectivity index (χ0) is 10.4. The van der Waals surface area contributed by atoms with Gasteiger partial charge < -0.3 is 14.7 Å². The predicted octanol–water partition coefficient (Wildman–Crippen LogP) is 0.722. The third kappa shape index (κ3) is 1.28. The fourth-order valence-electron chi connectivity index (χ4n) is 2.40. The number of aliphatic hydroxyl groups excluding tert-OH is 1. The van der Waals surface area contributed by atoms with Crippen molar-refractivity contribution in [2.24, 2.45) is 0 Å². The predicted molar refractivity (Wildman–Crippen MR) is 56.2 cm³/mol. The molecule has 0 aliphatic carbocycles. The second-order valence-corrected chi connectivity index (χ2v) is 4.29. The maximum absolute atomic E-state index is 9.63. The number of aromatic nitrogens is 1. The Morgan fingerprint density at radius 3 is 3.33 bits per heavy atom. The molecule has 15 heavy (non-hydrogen) atoms. The van der Waals surface area contributed by atoms with E-state index in [-0.39, 0.29) is 6.10 Å². The average molecular weight is 206 g/mol. The zero-order valence-electron chi connectivity index (χ0n) is 8.68. The molecule has 1 N–H and O–H groups in total. The summed E-state index contributed by atoms with van der Waals surface area (Å²) in [5, 5.41) is 9.63. The second-order valence-electron chi connectivity index (χ2n) is 4.29. The van der Waals surface area contributed by atoms with Crippen molar-refractivity contribution in [2.45, 2.75) is 25.5 Å². The van der Waals surface area contributed by atoms with Gasteiger partial charge >= 0.3 is 0 Å². The van der Waals surface area contributed by atoms with Crippen molar-refractivity contribution < 1.29 is 9.84 Å². The van der Waals surface area contributed by atoms with E-state index in [0.29, 0.717) is 19.2 Å². The summed E-state index contributed by atoms with van der Waals surface area (Å²) in [6.07, 6.45) is 2.34. The van der Waals surface area contributed by atoms with Gasteiger partial charge in [-0.25, -0.2) is 4.98 Å². The van der Waals surface area contributed by atoms with Crippen LogP contribution in [0.4, 0.5) is 5.82 Å². The molecule has 4 heteroatoms. The Morgan fingerprint density at radius 1 is 1.60 bits per heavy atom. The smallest absolute Gasteiger partial charge is 0.172 e. The highest BCUT2D eigenvalue weighted by Gasteiger charge is 2.37. The van der Waals surface area contributed by atoms with Crippen LogP contribution in [0.25, 0.3) is 0 Å². The normalized spacial score (nSPS) is 28.3. The van der Waals surface area contributed by atoms with E-state index in [1.165, 1.54) is 0 Å². The fraction of sp³-hybridized carbons (Fsp3) is 0.545. The molecule has 4 nitrogen and oxygen atoms in total. The van der Waals surface area contributed by atoms with Gasteiger partial charge in [0.2, 0.25) is 0 Å². The van der Waals surface area contributed by atoms with Crippen molar-refractivity contribution in [3.8, 4) is 5.75 Å². The van der Waals surface area contributed by atoms with Crippen LogP contribution in [-0.2, 0) is 0 Å². The van der Waals surface area contributed by atoms with Crippen LogP contribution in [0.15, 0.2) is 12.3 Å². The van der Waals surface area contributed by atoms with Gasteiger partial charge in [-0.2, -0.15) is 0 Å². The van der Waals surface area contributed by atoms with Gasteiger partial charge in [0.25, 0.3) is 0 Å². The van der Waals surface area contributed by atoms with E-state index in [9.17, 15) is 5.11 Å². The fourth-order valence-corrected chi connectivity index (χ4v) is 2.40. The molecule has 2 atom stereocenters. The van der Waals surface area contributed by atoms with Gasteiger partial charge in [0.15, 0.2) is 11.6 Å². The molecule has 2 aliphatic rings. The van der Waals surface area contributed by atoms with Gasteiger partial charge in [0.1, 0.15) is 6.61 Å². The number of aliphatic hydroxyl groups is 1. The van der Waals surface area contributed by atoms with Gasteiger partial charge in [-0.1, -0.05) is 0 Å². The molecule has 1 saturated heterocycles. The topological polar surface area (TPSA) is 45.6 Å². The summed E-state index contributed by atoms with van der Waals surface area (Å²) in [6.45, 7) is 3.36. The first kappa shape index (κ1) is 8.97. The maximum Gasteiger partial charge on any atom is 0.172 e. The zero-order valence-corrected chi connectivity index (χ0v) is 8.68. The second kappa shape index (κ2) is 3.10. The van der Waals surface area contributed by atoms with Crippen LogP contribution in [0.5, 0.6) is 5.75 Å². The van der Waals surface area contributed by atoms with E-state index in [2.05, 4.69) is 9.88 Å². The van der Waals surface area contributed by atoms with Crippen LogP contribution in [0, 0.1) is 6.92 Å². The number of rotatable bonds is 0. The lowest BCUT2D eigenvalue weighted by Crippen LogP contribution is -2.39. The molecule has 0 spiro atoms. The molecule has 2 aliphatic heterocycles. The number of hydrogen-bond donors (Lipinski definition) is 1. The molecule has 80 valence electrons. The number of anilines is 1. The molecule has 0 saturated carbocycles. The summed E-state index contributed by atoms with van der Waals surface area (Å²) < 4.78 is 5.70. The molecule has 0 aromatic carbocycles. The van der Waals surface area contributed by atoms with Crippen LogP contribution in [-0.4, -0.2) is 35.4 Å². The van der Waals surface area contributed by atoms with Crippen LogP contribution >= 0.6 is 0 Å². The molecule has 3 heterocycles. The SMILES string of the molecule is Cc1ccnc2c1OC[C@@H]1C[C@@H](O)CN21. The third-order valence-electron chi connectivity index (χ3n) is 3.17. The molecule has 0 radical (unpaired) electrons. The summed E-state index contributed by atoms with van der Waals surface area (Å²) in [5.74, 6) is 1.77. The van der Waals surface area contributed by atoms with Crippen molar-refractivity contribution in [3.05, 3.63) is 17.8 Å². The number of pyridine rings is 1. The highest BCUT2D eigenvalue weighted by Crippen LogP contribution is 2.37. The van der Waals surface area contributed by atoms with E-state index < -0.39 is 0 Å². The maximum atomic E-state index is 9.63. The Labute approximate surface area is 88.5 Å². The lowest BCUT2D eigenvalue weighted by atomic mass is 10.1. The van der Waals surface area contributed by atoms with Crippen LogP contribution in [0.3, 0.4) is 0 Å². The van der Waals surface area contributed by atoms with E-state index in [1.807, 2.05) is 13.0 Å². The standard InChI is InChI=1S/C11H14N2O2/c1-7-2-3-12-11-10(7)15-6-8-4-9(14)5-13(8)11/h2-3,8-9,14H,4-6H2,1H3/t8-,9+/m0/s1. The molecule has 0 amide bonds. The van der Waals surface area contributed by atoms with E-state index in [0.717, 1.165) is 23.6 Å². The molecular weight excluding hydrogens is 192 g/mol. The van der Waals surface area contributed by atoms with Crippen LogP contribution in [0.2, 0.25) is 0 Å². The largest absolute Gasteiger partial charge is 0.487 e. The Morgan fingerprint density at radius 2 is 2.47 bits per heavy atom. The molecule has 1 fully saturated rings. The van der Waals surface area contributed by atoms with Gasteiger partial charge in [-0.05, 0) is 25.0 Å². The molecule has 0 unspecified atom stereocenters. The lowest BCUT2D eigenvalue weighted by molar-refractivity contribution is 0.187. The Bertz CT molecular complexity index is 394. The summed E-state index contributed by atoms with van der Waals surface area (Å²) >= 11 is 0. The lowest BCUT2D eigenvalue weighted by Gasteiger charge is -2.32. The first-order valence-electron chi connectivity index (χ1n) is 5.29. The quantitative estimate of drug-likeness (QED) is 0.679. The number of nitrogens with zero attached hydrogens (tertiary/aromatic N) is 2. The number of aryl methyl sites for hydroxylation is 1. The van der Waals surface area contributed by atoms with Crippen molar-refractivity contribution in [1.29, 1.82) is 0 Å². The Kier molecular flexibility index (Phi) is 1.85.